The third kappa shape index (κ3) is 5.98. The summed E-state index contributed by atoms with van der Waals surface area (Å²) in [7, 11) is 0. The van der Waals surface area contributed by atoms with E-state index in [-0.39, 0.29) is 43.6 Å². The number of nitrogens with one attached hydrogen (secondary N) is 1. The third-order valence-corrected chi connectivity index (χ3v) is 3.86. The van der Waals surface area contributed by atoms with Crippen LogP contribution < -0.4 is 5.32 Å². The molecule has 0 aliphatic carbocycles. The Bertz CT molecular complexity index is 734. The molecule has 0 amide bonds. The first-order valence-corrected chi connectivity index (χ1v) is 8.54. The van der Waals surface area contributed by atoms with E-state index in [0.717, 1.165) is 5.56 Å². The first-order valence-electron chi connectivity index (χ1n) is 8.16. The number of hydrogen-bond acceptors (Lipinski definition) is 5. The maximum absolute atomic E-state index is 14.0. The SMILES string of the molecule is Cc1ccc(Nc2c(F)cccc2Cl)c(CC(=O)OCCOCCO)c1. The van der Waals surface area contributed by atoms with Gasteiger partial charge in [-0.05, 0) is 30.7 Å². The third-order valence-electron chi connectivity index (χ3n) is 3.54. The molecular weight excluding hydrogens is 361 g/mol. The van der Waals surface area contributed by atoms with Crippen molar-refractivity contribution in [3.63, 3.8) is 0 Å². The van der Waals surface area contributed by atoms with E-state index < -0.39 is 11.8 Å². The number of aryl methyl sites for hydroxylation is 1. The number of halogens is 2. The number of benzene rings is 2. The zero-order valence-electron chi connectivity index (χ0n) is 14.4. The van der Waals surface area contributed by atoms with E-state index in [9.17, 15) is 9.18 Å². The van der Waals surface area contributed by atoms with Crippen molar-refractivity contribution in [2.24, 2.45) is 0 Å². The average Bonchev–Trinajstić information content (AvgIpc) is 2.60. The summed E-state index contributed by atoms with van der Waals surface area (Å²) in [5.74, 6) is -0.904. The molecule has 7 heteroatoms. The Kier molecular flexibility index (Phi) is 7.84. The molecule has 0 fully saturated rings. The summed E-state index contributed by atoms with van der Waals surface area (Å²) >= 11 is 6.05. The molecule has 2 N–H and O–H groups in total. The highest BCUT2D eigenvalue weighted by molar-refractivity contribution is 6.33. The number of anilines is 2. The lowest BCUT2D eigenvalue weighted by molar-refractivity contribution is -0.144. The summed E-state index contributed by atoms with van der Waals surface area (Å²) in [6.45, 7) is 2.35. The fourth-order valence-electron chi connectivity index (χ4n) is 2.33. The van der Waals surface area contributed by atoms with E-state index in [1.165, 1.54) is 12.1 Å². The highest BCUT2D eigenvalue weighted by atomic mass is 35.5. The molecule has 0 saturated heterocycles. The van der Waals surface area contributed by atoms with Gasteiger partial charge < -0.3 is 19.9 Å². The minimum Gasteiger partial charge on any atom is -0.463 e. The molecule has 5 nitrogen and oxygen atoms in total. The second kappa shape index (κ2) is 10.1. The van der Waals surface area contributed by atoms with Crippen LogP contribution in [0.5, 0.6) is 0 Å². The van der Waals surface area contributed by atoms with E-state index in [0.29, 0.717) is 11.3 Å². The smallest absolute Gasteiger partial charge is 0.310 e. The Balaban J connectivity index is 2.06. The van der Waals surface area contributed by atoms with Crippen molar-refractivity contribution in [1.29, 1.82) is 0 Å². The lowest BCUT2D eigenvalue weighted by Gasteiger charge is -2.14. The van der Waals surface area contributed by atoms with E-state index in [1.54, 1.807) is 12.1 Å². The summed E-state index contributed by atoms with van der Waals surface area (Å²) in [5, 5.41) is 11.8. The van der Waals surface area contributed by atoms with Crippen molar-refractivity contribution < 1.29 is 23.8 Å². The standard InChI is InChI=1S/C19H21ClFNO4/c1-13-5-6-17(22-19-15(20)3-2-4-16(19)21)14(11-13)12-18(24)26-10-9-25-8-7-23/h2-6,11,22-23H,7-10,12H2,1H3. The van der Waals surface area contributed by atoms with Gasteiger partial charge in [-0.1, -0.05) is 35.4 Å². The van der Waals surface area contributed by atoms with E-state index in [1.807, 2.05) is 19.1 Å². The van der Waals surface area contributed by atoms with E-state index in [4.69, 9.17) is 26.2 Å². The van der Waals surface area contributed by atoms with Gasteiger partial charge in [0.2, 0.25) is 0 Å². The van der Waals surface area contributed by atoms with Crippen LogP contribution in [0.3, 0.4) is 0 Å². The zero-order chi connectivity index (χ0) is 18.9. The predicted molar refractivity (Wildman–Crippen MR) is 98.4 cm³/mol. The summed E-state index contributed by atoms with van der Waals surface area (Å²) < 4.78 is 24.2. The molecule has 0 radical (unpaired) electrons. The highest BCUT2D eigenvalue weighted by Gasteiger charge is 2.13. The molecular formula is C19H21ClFNO4. The summed E-state index contributed by atoms with van der Waals surface area (Å²) in [6, 6.07) is 9.87. The molecule has 0 bridgehead atoms. The van der Waals surface area contributed by atoms with Crippen molar-refractivity contribution in [1.82, 2.24) is 0 Å². The summed E-state index contributed by atoms with van der Waals surface area (Å²) in [5.41, 5.74) is 2.37. The van der Waals surface area contributed by atoms with Crippen LogP contribution in [0.2, 0.25) is 5.02 Å². The maximum atomic E-state index is 14.0. The molecule has 2 rings (SSSR count). The topological polar surface area (TPSA) is 67.8 Å². The van der Waals surface area contributed by atoms with Gasteiger partial charge in [0.05, 0.1) is 37.0 Å². The van der Waals surface area contributed by atoms with Crippen LogP contribution in [0.1, 0.15) is 11.1 Å². The molecule has 2 aromatic rings. The van der Waals surface area contributed by atoms with Crippen LogP contribution in [0, 0.1) is 12.7 Å². The normalized spacial score (nSPS) is 10.6. The number of rotatable bonds is 9. The van der Waals surface area contributed by atoms with Gasteiger partial charge in [0, 0.05) is 5.69 Å². The monoisotopic (exact) mass is 381 g/mol. The van der Waals surface area contributed by atoms with Crippen molar-refractivity contribution >= 4 is 28.9 Å². The second-order valence-corrected chi connectivity index (χ2v) is 6.02. The number of para-hydroxylation sites is 1. The van der Waals surface area contributed by atoms with Crippen LogP contribution in [0.4, 0.5) is 15.8 Å². The Morgan fingerprint density at radius 2 is 2.04 bits per heavy atom. The predicted octanol–water partition coefficient (Wildman–Crippen LogP) is 3.63. The zero-order valence-corrected chi connectivity index (χ0v) is 15.2. The molecule has 0 saturated carbocycles. The molecule has 0 aromatic heterocycles. The van der Waals surface area contributed by atoms with Gasteiger partial charge in [-0.2, -0.15) is 0 Å². The van der Waals surface area contributed by atoms with Gasteiger partial charge in [0.25, 0.3) is 0 Å². The lowest BCUT2D eigenvalue weighted by atomic mass is 10.1. The Morgan fingerprint density at radius 3 is 2.77 bits per heavy atom. The molecule has 0 aliphatic heterocycles. The van der Waals surface area contributed by atoms with Crippen molar-refractivity contribution in [2.45, 2.75) is 13.3 Å². The molecule has 0 atom stereocenters. The molecule has 0 aliphatic rings. The first kappa shape index (κ1) is 20.2. The van der Waals surface area contributed by atoms with E-state index >= 15 is 0 Å². The van der Waals surface area contributed by atoms with Crippen LogP contribution in [-0.4, -0.2) is 37.5 Å². The van der Waals surface area contributed by atoms with Gasteiger partial charge in [-0.15, -0.1) is 0 Å². The van der Waals surface area contributed by atoms with Gasteiger partial charge in [-0.25, -0.2) is 4.39 Å². The Labute approximate surface area is 156 Å². The first-order chi connectivity index (χ1) is 12.5. The summed E-state index contributed by atoms with van der Waals surface area (Å²) in [4.78, 5) is 12.0. The number of aliphatic hydroxyl groups excluding tert-OH is 1. The van der Waals surface area contributed by atoms with Crippen LogP contribution in [-0.2, 0) is 20.7 Å². The molecule has 26 heavy (non-hydrogen) atoms. The fraction of sp³-hybridized carbons (Fsp3) is 0.316. The lowest BCUT2D eigenvalue weighted by Crippen LogP contribution is -2.14. The number of hydrogen-bond donors (Lipinski definition) is 2. The number of carbonyl (C=O) groups excluding carboxylic acids is 1. The highest BCUT2D eigenvalue weighted by Crippen LogP contribution is 2.30. The fourth-order valence-corrected chi connectivity index (χ4v) is 2.54. The van der Waals surface area contributed by atoms with Crippen molar-refractivity contribution in [2.75, 3.05) is 31.7 Å². The number of ether oxygens (including phenoxy) is 2. The minimum atomic E-state index is -0.479. The largest absolute Gasteiger partial charge is 0.463 e. The Hall–Kier alpha value is -2.15. The minimum absolute atomic E-state index is 0.0239. The quantitative estimate of drug-likeness (QED) is 0.513. The van der Waals surface area contributed by atoms with Gasteiger partial charge in [0.15, 0.2) is 0 Å². The summed E-state index contributed by atoms with van der Waals surface area (Å²) in [6.07, 6.45) is 0.0239. The van der Waals surface area contributed by atoms with Crippen LogP contribution >= 0.6 is 11.6 Å². The maximum Gasteiger partial charge on any atom is 0.310 e. The molecule has 140 valence electrons. The number of aliphatic hydroxyl groups is 1. The van der Waals surface area contributed by atoms with Crippen LogP contribution in [0.15, 0.2) is 36.4 Å². The van der Waals surface area contributed by atoms with Gasteiger partial charge in [0.1, 0.15) is 12.4 Å². The molecule has 0 spiro atoms. The van der Waals surface area contributed by atoms with Crippen molar-refractivity contribution in [3.8, 4) is 0 Å². The van der Waals surface area contributed by atoms with Crippen molar-refractivity contribution in [3.05, 3.63) is 58.4 Å². The van der Waals surface area contributed by atoms with Gasteiger partial charge in [-0.3, -0.25) is 4.79 Å². The van der Waals surface area contributed by atoms with Crippen LogP contribution in [0.25, 0.3) is 0 Å². The number of carbonyl (C=O) groups is 1. The molecule has 0 heterocycles. The van der Waals surface area contributed by atoms with E-state index in [2.05, 4.69) is 5.32 Å². The molecule has 0 unspecified atom stereocenters. The molecule has 2 aromatic carbocycles. The van der Waals surface area contributed by atoms with Gasteiger partial charge >= 0.3 is 5.97 Å². The average molecular weight is 382 g/mol. The Morgan fingerprint density at radius 1 is 1.23 bits per heavy atom. The second-order valence-electron chi connectivity index (χ2n) is 5.62. The number of esters is 1.